The predicted octanol–water partition coefficient (Wildman–Crippen LogP) is 1.57. The van der Waals surface area contributed by atoms with Gasteiger partial charge in [0.1, 0.15) is 0 Å². The summed E-state index contributed by atoms with van der Waals surface area (Å²) >= 11 is 0. The Bertz CT molecular complexity index is 155. The number of hydrogen-bond acceptors (Lipinski definition) is 3. The van der Waals surface area contributed by atoms with Crippen LogP contribution in [0.25, 0.3) is 0 Å². The molecule has 3 nitrogen and oxygen atoms in total. The van der Waals surface area contributed by atoms with Gasteiger partial charge in [0.05, 0.1) is 18.2 Å². The van der Waals surface area contributed by atoms with Crippen molar-refractivity contribution in [3.8, 4) is 0 Å². The molecule has 0 amide bonds. The van der Waals surface area contributed by atoms with Gasteiger partial charge in [0.2, 0.25) is 0 Å². The van der Waals surface area contributed by atoms with Crippen molar-refractivity contribution in [1.82, 2.24) is 5.32 Å². The molecule has 0 bridgehead atoms. The molecule has 14 heavy (non-hydrogen) atoms. The van der Waals surface area contributed by atoms with Crippen molar-refractivity contribution in [1.29, 1.82) is 0 Å². The van der Waals surface area contributed by atoms with Crippen molar-refractivity contribution in [2.24, 2.45) is 0 Å². The van der Waals surface area contributed by atoms with E-state index in [2.05, 4.69) is 5.32 Å². The Balaban J connectivity index is 2.54. The number of likely N-dealkylation sites (N-methyl/N-ethyl adjacent to an activating group) is 1. The van der Waals surface area contributed by atoms with Gasteiger partial charge in [0.25, 0.3) is 0 Å². The fourth-order valence-corrected chi connectivity index (χ4v) is 2.40. The average Bonchev–Trinajstić information content (AvgIpc) is 2.69. The molecule has 0 aromatic rings. The average molecular weight is 201 g/mol. The van der Waals surface area contributed by atoms with Gasteiger partial charge in [-0.1, -0.05) is 12.8 Å². The second kappa shape index (κ2) is 5.69. The van der Waals surface area contributed by atoms with E-state index in [1.807, 2.05) is 21.1 Å². The first-order chi connectivity index (χ1) is 6.79. The minimum absolute atomic E-state index is 0.0178. The van der Waals surface area contributed by atoms with E-state index in [-0.39, 0.29) is 5.60 Å². The number of ether oxygens (including phenoxy) is 2. The summed E-state index contributed by atoms with van der Waals surface area (Å²) in [4.78, 5) is 0. The van der Waals surface area contributed by atoms with Gasteiger partial charge in [-0.3, -0.25) is 0 Å². The largest absolute Gasteiger partial charge is 0.380 e. The molecule has 3 heteroatoms. The lowest BCUT2D eigenvalue weighted by atomic mass is 9.92. The van der Waals surface area contributed by atoms with Crippen molar-refractivity contribution in [2.45, 2.75) is 44.2 Å². The lowest BCUT2D eigenvalue weighted by Gasteiger charge is -2.36. The highest BCUT2D eigenvalue weighted by Crippen LogP contribution is 2.35. The second-order valence-electron chi connectivity index (χ2n) is 3.98. The number of rotatable bonds is 6. The number of nitrogens with one attached hydrogen (secondary N) is 1. The molecule has 0 aromatic carbocycles. The monoisotopic (exact) mass is 201 g/mol. The van der Waals surface area contributed by atoms with Crippen LogP contribution in [0, 0.1) is 0 Å². The Morgan fingerprint density at radius 1 is 1.36 bits per heavy atom. The summed E-state index contributed by atoms with van der Waals surface area (Å²) in [7, 11) is 3.81. The molecule has 84 valence electrons. The van der Waals surface area contributed by atoms with E-state index in [4.69, 9.17) is 9.47 Å². The van der Waals surface area contributed by atoms with E-state index in [0.717, 1.165) is 26.1 Å². The summed E-state index contributed by atoms with van der Waals surface area (Å²) in [6.45, 7) is 3.56. The Morgan fingerprint density at radius 2 is 2.00 bits per heavy atom. The molecule has 1 atom stereocenters. The number of hydrogen-bond donors (Lipinski definition) is 1. The normalized spacial score (nSPS) is 22.5. The van der Waals surface area contributed by atoms with E-state index in [1.165, 1.54) is 12.8 Å². The highest BCUT2D eigenvalue weighted by molar-refractivity contribution is 4.96. The van der Waals surface area contributed by atoms with E-state index in [9.17, 15) is 0 Å². The maximum absolute atomic E-state index is 5.71. The standard InChI is InChI=1S/C11H23NO2/c1-4-14-9-10(12-2)11(13-3)7-5-6-8-11/h10,12H,4-9H2,1-3H3. The third-order valence-electron chi connectivity index (χ3n) is 3.33. The van der Waals surface area contributed by atoms with E-state index in [0.29, 0.717) is 6.04 Å². The molecular weight excluding hydrogens is 178 g/mol. The summed E-state index contributed by atoms with van der Waals surface area (Å²) in [5.74, 6) is 0. The molecule has 1 saturated carbocycles. The predicted molar refractivity (Wildman–Crippen MR) is 57.5 cm³/mol. The molecule has 1 fully saturated rings. The van der Waals surface area contributed by atoms with E-state index < -0.39 is 0 Å². The summed E-state index contributed by atoms with van der Waals surface area (Å²) < 4.78 is 11.2. The lowest BCUT2D eigenvalue weighted by molar-refractivity contribution is -0.0565. The van der Waals surface area contributed by atoms with Gasteiger partial charge in [-0.15, -0.1) is 0 Å². The van der Waals surface area contributed by atoms with E-state index in [1.54, 1.807) is 0 Å². The third-order valence-corrected chi connectivity index (χ3v) is 3.33. The summed E-state index contributed by atoms with van der Waals surface area (Å²) in [6, 6.07) is 0.329. The van der Waals surface area contributed by atoms with Crippen LogP contribution >= 0.6 is 0 Å². The van der Waals surface area contributed by atoms with Crippen LogP contribution in [0.2, 0.25) is 0 Å². The van der Waals surface area contributed by atoms with Crippen LogP contribution in [0.3, 0.4) is 0 Å². The third kappa shape index (κ3) is 2.47. The topological polar surface area (TPSA) is 30.5 Å². The molecule has 1 N–H and O–H groups in total. The zero-order valence-corrected chi connectivity index (χ0v) is 9.64. The van der Waals surface area contributed by atoms with Crippen LogP contribution in [0.15, 0.2) is 0 Å². The Morgan fingerprint density at radius 3 is 2.43 bits per heavy atom. The minimum atomic E-state index is 0.0178. The van der Waals surface area contributed by atoms with Crippen LogP contribution in [0.5, 0.6) is 0 Å². The van der Waals surface area contributed by atoms with Crippen molar-refractivity contribution in [3.63, 3.8) is 0 Å². The van der Waals surface area contributed by atoms with Gasteiger partial charge in [-0.05, 0) is 26.8 Å². The van der Waals surface area contributed by atoms with Crippen LogP contribution in [0.4, 0.5) is 0 Å². The molecule has 0 radical (unpaired) electrons. The maximum atomic E-state index is 5.71. The SMILES string of the molecule is CCOCC(NC)C1(OC)CCCC1. The van der Waals surface area contributed by atoms with Crippen LogP contribution in [-0.2, 0) is 9.47 Å². The fourth-order valence-electron chi connectivity index (χ4n) is 2.40. The Kier molecular flexibility index (Phi) is 4.85. The molecule has 0 spiro atoms. The van der Waals surface area contributed by atoms with Crippen molar-refractivity contribution in [3.05, 3.63) is 0 Å². The molecule has 0 aliphatic heterocycles. The first kappa shape index (κ1) is 12.0. The Hall–Kier alpha value is -0.120. The van der Waals surface area contributed by atoms with Gasteiger partial charge in [0, 0.05) is 13.7 Å². The highest BCUT2D eigenvalue weighted by atomic mass is 16.5. The van der Waals surface area contributed by atoms with Crippen molar-refractivity contribution in [2.75, 3.05) is 27.4 Å². The molecule has 0 aromatic heterocycles. The van der Waals surface area contributed by atoms with Gasteiger partial charge in [0.15, 0.2) is 0 Å². The van der Waals surface area contributed by atoms with Gasteiger partial charge in [-0.25, -0.2) is 0 Å². The first-order valence-corrected chi connectivity index (χ1v) is 5.59. The van der Waals surface area contributed by atoms with E-state index >= 15 is 0 Å². The van der Waals surface area contributed by atoms with Crippen molar-refractivity contribution < 1.29 is 9.47 Å². The molecule has 1 unspecified atom stereocenters. The second-order valence-corrected chi connectivity index (χ2v) is 3.98. The molecule has 0 heterocycles. The maximum Gasteiger partial charge on any atom is 0.0853 e. The summed E-state index contributed by atoms with van der Waals surface area (Å²) in [5.41, 5.74) is 0.0178. The zero-order valence-electron chi connectivity index (χ0n) is 9.64. The van der Waals surface area contributed by atoms with Gasteiger partial charge in [-0.2, -0.15) is 0 Å². The fraction of sp³-hybridized carbons (Fsp3) is 1.00. The lowest BCUT2D eigenvalue weighted by Crippen LogP contribution is -2.51. The molecule has 0 saturated heterocycles. The van der Waals surface area contributed by atoms with Crippen LogP contribution < -0.4 is 5.32 Å². The summed E-state index contributed by atoms with van der Waals surface area (Å²) in [5, 5.41) is 3.32. The summed E-state index contributed by atoms with van der Waals surface area (Å²) in [6.07, 6.45) is 4.86. The molecule has 1 rings (SSSR count). The van der Waals surface area contributed by atoms with Crippen LogP contribution in [-0.4, -0.2) is 39.0 Å². The van der Waals surface area contributed by atoms with Gasteiger partial charge < -0.3 is 14.8 Å². The molecule has 1 aliphatic rings. The Labute approximate surface area is 87.2 Å². The highest BCUT2D eigenvalue weighted by Gasteiger charge is 2.40. The van der Waals surface area contributed by atoms with Gasteiger partial charge >= 0.3 is 0 Å². The quantitative estimate of drug-likeness (QED) is 0.707. The molecule has 1 aliphatic carbocycles. The zero-order chi connectivity index (χ0) is 10.4. The smallest absolute Gasteiger partial charge is 0.0853 e. The number of methoxy groups -OCH3 is 1. The minimum Gasteiger partial charge on any atom is -0.380 e. The van der Waals surface area contributed by atoms with Crippen molar-refractivity contribution >= 4 is 0 Å². The molecular formula is C11H23NO2. The van der Waals surface area contributed by atoms with Crippen LogP contribution in [0.1, 0.15) is 32.6 Å². The first-order valence-electron chi connectivity index (χ1n) is 5.59.